The van der Waals surface area contributed by atoms with E-state index in [1.807, 2.05) is 0 Å². The lowest BCUT2D eigenvalue weighted by Crippen LogP contribution is -2.04. The molecule has 0 aliphatic heterocycles. The van der Waals surface area contributed by atoms with E-state index in [2.05, 4.69) is 9.47 Å². The second-order valence-electron chi connectivity index (χ2n) is 2.29. The summed E-state index contributed by atoms with van der Waals surface area (Å²) in [5.41, 5.74) is 0. The minimum atomic E-state index is -1.29. The topological polar surface area (TPSA) is 93.1 Å². The van der Waals surface area contributed by atoms with E-state index in [0.29, 0.717) is 19.3 Å². The smallest absolute Gasteiger partial charge is 0.450 e. The fraction of sp³-hybridized carbons (Fsp3) is 0.714. The molecule has 0 rings (SSSR count). The van der Waals surface area contributed by atoms with Crippen LogP contribution in [0.1, 0.15) is 19.3 Å². The van der Waals surface area contributed by atoms with Gasteiger partial charge in [-0.25, -0.2) is 9.59 Å². The Bertz CT molecular complexity index is 148. The average Bonchev–Trinajstić information content (AvgIpc) is 2.01. The minimum absolute atomic E-state index is 0.141. The first kappa shape index (κ1) is 11.5. The van der Waals surface area contributed by atoms with Gasteiger partial charge in [0.25, 0.3) is 0 Å². The maximum atomic E-state index is 9.85. The lowest BCUT2D eigenvalue weighted by atomic mass is 10.2. The highest BCUT2D eigenvalue weighted by atomic mass is 16.7. The standard InChI is InChI=1S/C7H12O6/c8-6(9)12-4-2-1-3-5-13-7(10)11/h1-5H2,(H,8,9)(H,10,11). The van der Waals surface area contributed by atoms with Gasteiger partial charge in [0, 0.05) is 0 Å². The van der Waals surface area contributed by atoms with Crippen molar-refractivity contribution >= 4 is 12.3 Å². The summed E-state index contributed by atoms with van der Waals surface area (Å²) in [5, 5.41) is 16.1. The SMILES string of the molecule is O=C(O)OCCCCCOC(=O)O. The average molecular weight is 192 g/mol. The molecule has 0 aromatic heterocycles. The van der Waals surface area contributed by atoms with Crippen molar-refractivity contribution in [2.24, 2.45) is 0 Å². The molecule has 6 nitrogen and oxygen atoms in total. The zero-order valence-electron chi connectivity index (χ0n) is 7.06. The third-order valence-corrected chi connectivity index (χ3v) is 1.24. The van der Waals surface area contributed by atoms with E-state index in [-0.39, 0.29) is 13.2 Å². The molecule has 0 atom stereocenters. The maximum Gasteiger partial charge on any atom is 0.505 e. The summed E-state index contributed by atoms with van der Waals surface area (Å²) in [6.45, 7) is 0.283. The third-order valence-electron chi connectivity index (χ3n) is 1.24. The summed E-state index contributed by atoms with van der Waals surface area (Å²) in [7, 11) is 0. The van der Waals surface area contributed by atoms with E-state index in [0.717, 1.165) is 0 Å². The van der Waals surface area contributed by atoms with Crippen LogP contribution in [0.5, 0.6) is 0 Å². The van der Waals surface area contributed by atoms with Crippen molar-refractivity contribution in [2.45, 2.75) is 19.3 Å². The number of carbonyl (C=O) groups is 2. The van der Waals surface area contributed by atoms with Crippen LogP contribution in [0.2, 0.25) is 0 Å². The van der Waals surface area contributed by atoms with Gasteiger partial charge in [-0.1, -0.05) is 0 Å². The van der Waals surface area contributed by atoms with Gasteiger partial charge in [-0.3, -0.25) is 0 Å². The van der Waals surface area contributed by atoms with Crippen LogP contribution in [0.15, 0.2) is 0 Å². The lowest BCUT2D eigenvalue weighted by molar-refractivity contribution is 0.0848. The Morgan fingerprint density at radius 2 is 1.23 bits per heavy atom. The molecule has 0 bridgehead atoms. The molecule has 76 valence electrons. The molecule has 0 aromatic rings. The first-order chi connectivity index (χ1) is 6.13. The second-order valence-corrected chi connectivity index (χ2v) is 2.29. The monoisotopic (exact) mass is 192 g/mol. The minimum Gasteiger partial charge on any atom is -0.450 e. The van der Waals surface area contributed by atoms with Gasteiger partial charge in [0.15, 0.2) is 0 Å². The van der Waals surface area contributed by atoms with Gasteiger partial charge in [0.2, 0.25) is 0 Å². The number of hydrogen-bond acceptors (Lipinski definition) is 4. The van der Waals surface area contributed by atoms with E-state index in [1.165, 1.54) is 0 Å². The Kier molecular flexibility index (Phi) is 6.39. The lowest BCUT2D eigenvalue weighted by Gasteiger charge is -2.00. The highest BCUT2D eigenvalue weighted by molar-refractivity contribution is 5.56. The van der Waals surface area contributed by atoms with Crippen LogP contribution in [0, 0.1) is 0 Å². The Labute approximate surface area is 75.1 Å². The summed E-state index contributed by atoms with van der Waals surface area (Å²) in [6.07, 6.45) is -0.742. The van der Waals surface area contributed by atoms with Gasteiger partial charge in [0.1, 0.15) is 0 Å². The van der Waals surface area contributed by atoms with Crippen LogP contribution in [0.3, 0.4) is 0 Å². The van der Waals surface area contributed by atoms with Gasteiger partial charge < -0.3 is 19.7 Å². The number of hydrogen-bond donors (Lipinski definition) is 2. The molecule has 0 fully saturated rings. The molecule has 0 saturated carbocycles. The molecule has 0 aliphatic carbocycles. The molecule has 0 amide bonds. The summed E-state index contributed by atoms with van der Waals surface area (Å²) in [5.74, 6) is 0. The number of ether oxygens (including phenoxy) is 2. The summed E-state index contributed by atoms with van der Waals surface area (Å²) < 4.78 is 8.46. The maximum absolute atomic E-state index is 9.85. The second kappa shape index (κ2) is 7.20. The van der Waals surface area contributed by atoms with Crippen LogP contribution in [-0.4, -0.2) is 35.7 Å². The van der Waals surface area contributed by atoms with Gasteiger partial charge in [-0.05, 0) is 19.3 Å². The molecule has 2 N–H and O–H groups in total. The summed E-state index contributed by atoms with van der Waals surface area (Å²) >= 11 is 0. The van der Waals surface area contributed by atoms with Crippen molar-refractivity contribution in [1.82, 2.24) is 0 Å². The Balaban J connectivity index is 3.00. The van der Waals surface area contributed by atoms with E-state index >= 15 is 0 Å². The molecule has 6 heteroatoms. The zero-order chi connectivity index (χ0) is 10.1. The van der Waals surface area contributed by atoms with Crippen molar-refractivity contribution < 1.29 is 29.3 Å². The fourth-order valence-corrected chi connectivity index (χ4v) is 0.700. The van der Waals surface area contributed by atoms with E-state index < -0.39 is 12.3 Å². The molecule has 0 aromatic carbocycles. The molecular weight excluding hydrogens is 180 g/mol. The largest absolute Gasteiger partial charge is 0.505 e. The molecule has 0 unspecified atom stereocenters. The first-order valence-corrected chi connectivity index (χ1v) is 3.84. The number of rotatable bonds is 6. The summed E-state index contributed by atoms with van der Waals surface area (Å²) in [4.78, 5) is 19.7. The first-order valence-electron chi connectivity index (χ1n) is 3.84. The number of unbranched alkanes of at least 4 members (excludes halogenated alkanes) is 2. The molecular formula is C7H12O6. The Morgan fingerprint density at radius 1 is 0.846 bits per heavy atom. The van der Waals surface area contributed by atoms with E-state index in [1.54, 1.807) is 0 Å². The Hall–Kier alpha value is -1.46. The Morgan fingerprint density at radius 3 is 1.54 bits per heavy atom. The molecule has 0 radical (unpaired) electrons. The van der Waals surface area contributed by atoms with Crippen molar-refractivity contribution in [3.63, 3.8) is 0 Å². The predicted octanol–water partition coefficient (Wildman–Crippen LogP) is 1.55. The molecule has 0 saturated heterocycles. The normalized spacial score (nSPS) is 9.23. The van der Waals surface area contributed by atoms with Crippen LogP contribution in [-0.2, 0) is 9.47 Å². The van der Waals surface area contributed by atoms with Gasteiger partial charge in [-0.2, -0.15) is 0 Å². The van der Waals surface area contributed by atoms with Crippen LogP contribution >= 0.6 is 0 Å². The zero-order valence-corrected chi connectivity index (χ0v) is 7.06. The van der Waals surface area contributed by atoms with E-state index in [9.17, 15) is 9.59 Å². The van der Waals surface area contributed by atoms with Crippen LogP contribution in [0.25, 0.3) is 0 Å². The fourth-order valence-electron chi connectivity index (χ4n) is 0.700. The van der Waals surface area contributed by atoms with Crippen LogP contribution in [0.4, 0.5) is 9.59 Å². The van der Waals surface area contributed by atoms with Crippen LogP contribution < -0.4 is 0 Å². The van der Waals surface area contributed by atoms with Crippen molar-refractivity contribution in [1.29, 1.82) is 0 Å². The van der Waals surface area contributed by atoms with E-state index in [4.69, 9.17) is 10.2 Å². The predicted molar refractivity (Wildman–Crippen MR) is 41.8 cm³/mol. The van der Waals surface area contributed by atoms with Gasteiger partial charge in [-0.15, -0.1) is 0 Å². The van der Waals surface area contributed by atoms with Crippen molar-refractivity contribution in [3.8, 4) is 0 Å². The molecule has 0 heterocycles. The summed E-state index contributed by atoms with van der Waals surface area (Å²) in [6, 6.07) is 0. The quantitative estimate of drug-likeness (QED) is 0.489. The number of carboxylic acid groups (broad SMARTS) is 2. The van der Waals surface area contributed by atoms with Gasteiger partial charge in [0.05, 0.1) is 13.2 Å². The van der Waals surface area contributed by atoms with Gasteiger partial charge >= 0.3 is 12.3 Å². The highest BCUT2D eigenvalue weighted by Crippen LogP contribution is 1.96. The van der Waals surface area contributed by atoms with Crippen molar-refractivity contribution in [2.75, 3.05) is 13.2 Å². The highest BCUT2D eigenvalue weighted by Gasteiger charge is 1.97. The molecule has 0 spiro atoms. The third kappa shape index (κ3) is 10.5. The van der Waals surface area contributed by atoms with Crippen molar-refractivity contribution in [3.05, 3.63) is 0 Å². The molecule has 13 heavy (non-hydrogen) atoms. The molecule has 0 aliphatic rings.